The van der Waals surface area contributed by atoms with E-state index in [9.17, 15) is 4.79 Å². The second kappa shape index (κ2) is 2.78. The average Bonchev–Trinajstić information content (AvgIpc) is 2.49. The summed E-state index contributed by atoms with van der Waals surface area (Å²) in [5.41, 5.74) is 0.496. The topological polar surface area (TPSA) is 72.2 Å². The van der Waals surface area contributed by atoms with Crippen molar-refractivity contribution in [3.05, 3.63) is 6.33 Å². The van der Waals surface area contributed by atoms with Crippen LogP contribution in [0, 0.1) is 0 Å². The lowest BCUT2D eigenvalue weighted by atomic mass is 10.1. The molecule has 1 unspecified atom stereocenters. The van der Waals surface area contributed by atoms with E-state index in [0.717, 1.165) is 0 Å². The van der Waals surface area contributed by atoms with Crippen LogP contribution >= 0.6 is 11.6 Å². The minimum absolute atomic E-state index is 0.277. The van der Waals surface area contributed by atoms with Crippen molar-refractivity contribution in [3.8, 4) is 0 Å². The number of alkyl halides is 1. The highest BCUT2D eigenvalue weighted by Crippen LogP contribution is 2.22. The van der Waals surface area contributed by atoms with Crippen LogP contribution in [-0.4, -0.2) is 31.4 Å². The Bertz CT molecular complexity index is 421. The Morgan fingerprint density at radius 3 is 3.07 bits per heavy atom. The van der Waals surface area contributed by atoms with Crippen LogP contribution in [-0.2, 0) is 4.79 Å². The lowest BCUT2D eigenvalue weighted by molar-refractivity contribution is -0.116. The zero-order valence-corrected chi connectivity index (χ0v) is 8.41. The molecule has 0 saturated heterocycles. The smallest absolute Gasteiger partial charge is 0.253 e. The number of halogens is 1. The van der Waals surface area contributed by atoms with Gasteiger partial charge in [-0.3, -0.25) is 10.1 Å². The number of carbonyl (C=O) groups is 1. The largest absolute Gasteiger partial charge is 0.291 e. The summed E-state index contributed by atoms with van der Waals surface area (Å²) in [6.45, 7) is 3.27. The second-order valence-electron chi connectivity index (χ2n) is 3.14. The highest BCUT2D eigenvalue weighted by Gasteiger charge is 2.37. The average molecular weight is 214 g/mol. The maximum atomic E-state index is 11.6. The van der Waals surface area contributed by atoms with Gasteiger partial charge in [0, 0.05) is 0 Å². The Hall–Kier alpha value is -1.43. The van der Waals surface area contributed by atoms with E-state index in [1.807, 2.05) is 0 Å². The Labute approximate surface area is 85.0 Å². The number of fused-ring (bicyclic) bond motifs is 1. The molecule has 6 nitrogen and oxygen atoms in total. The Balaban J connectivity index is 2.56. The number of nitrogens with zero attached hydrogens (tertiary/aromatic N) is 4. The highest BCUT2D eigenvalue weighted by atomic mass is 35.5. The highest BCUT2D eigenvalue weighted by molar-refractivity contribution is 6.48. The summed E-state index contributed by atoms with van der Waals surface area (Å²) in [6.07, 6.45) is 1.40. The van der Waals surface area contributed by atoms with Crippen molar-refractivity contribution in [2.24, 2.45) is 5.10 Å². The molecule has 1 amide bonds. The second-order valence-corrected chi connectivity index (χ2v) is 3.90. The molecule has 0 bridgehead atoms. The molecule has 14 heavy (non-hydrogen) atoms. The van der Waals surface area contributed by atoms with Gasteiger partial charge in [-0.25, -0.2) is 0 Å². The molecule has 1 aliphatic rings. The van der Waals surface area contributed by atoms with Crippen molar-refractivity contribution in [1.82, 2.24) is 14.9 Å². The number of hydrogen-bond donors (Lipinski definition) is 1. The van der Waals surface area contributed by atoms with Crippen molar-refractivity contribution in [1.29, 1.82) is 0 Å². The molecular formula is C7H8ClN5O. The molecule has 1 aliphatic heterocycles. The molecule has 0 saturated carbocycles. The molecule has 0 aromatic carbocycles. The van der Waals surface area contributed by atoms with Gasteiger partial charge in [0.1, 0.15) is 6.33 Å². The van der Waals surface area contributed by atoms with Crippen LogP contribution in [0.25, 0.3) is 0 Å². The molecule has 2 rings (SSSR count). The van der Waals surface area contributed by atoms with E-state index in [1.165, 1.54) is 11.0 Å². The third kappa shape index (κ3) is 1.19. The van der Waals surface area contributed by atoms with E-state index in [4.69, 9.17) is 11.6 Å². The molecule has 1 N–H and O–H groups in total. The van der Waals surface area contributed by atoms with Gasteiger partial charge >= 0.3 is 0 Å². The van der Waals surface area contributed by atoms with E-state index in [-0.39, 0.29) is 11.9 Å². The van der Waals surface area contributed by atoms with E-state index >= 15 is 0 Å². The van der Waals surface area contributed by atoms with Crippen LogP contribution in [0.15, 0.2) is 11.4 Å². The summed E-state index contributed by atoms with van der Waals surface area (Å²) >= 11 is 6.02. The normalized spacial score (nSPS) is 26.2. The Morgan fingerprint density at radius 1 is 1.64 bits per heavy atom. The molecule has 1 aromatic heterocycles. The van der Waals surface area contributed by atoms with Crippen molar-refractivity contribution in [3.63, 3.8) is 0 Å². The van der Waals surface area contributed by atoms with Crippen LogP contribution in [0.4, 0.5) is 5.95 Å². The SMILES string of the molecule is CC1=Nn2cnnc2NC(=O)C1(C)Cl. The fraction of sp³-hybridized carbons (Fsp3) is 0.429. The molecule has 1 aromatic rings. The van der Waals surface area contributed by atoms with Crippen molar-refractivity contribution < 1.29 is 4.79 Å². The Kier molecular flexibility index (Phi) is 1.81. The first kappa shape index (κ1) is 9.14. The molecule has 0 radical (unpaired) electrons. The molecule has 74 valence electrons. The van der Waals surface area contributed by atoms with Gasteiger partial charge in [0.25, 0.3) is 11.9 Å². The molecule has 0 fully saturated rings. The summed E-state index contributed by atoms with van der Waals surface area (Å²) in [4.78, 5) is 10.5. The molecule has 0 spiro atoms. The van der Waals surface area contributed by atoms with Crippen LogP contribution < -0.4 is 5.32 Å². The first-order valence-electron chi connectivity index (χ1n) is 3.98. The number of rotatable bonds is 0. The zero-order chi connectivity index (χ0) is 10.3. The molecular weight excluding hydrogens is 206 g/mol. The van der Waals surface area contributed by atoms with Gasteiger partial charge in [0.05, 0.1) is 5.71 Å². The number of aromatic nitrogens is 3. The van der Waals surface area contributed by atoms with Gasteiger partial charge in [-0.05, 0) is 13.8 Å². The van der Waals surface area contributed by atoms with Crippen LogP contribution in [0.5, 0.6) is 0 Å². The van der Waals surface area contributed by atoms with Gasteiger partial charge in [0.2, 0.25) is 0 Å². The van der Waals surface area contributed by atoms with Gasteiger partial charge in [0.15, 0.2) is 4.87 Å². The molecule has 1 atom stereocenters. The first-order chi connectivity index (χ1) is 6.51. The van der Waals surface area contributed by atoms with Gasteiger partial charge in [-0.2, -0.15) is 9.78 Å². The lowest BCUT2D eigenvalue weighted by Gasteiger charge is -2.16. The molecule has 0 aliphatic carbocycles. The van der Waals surface area contributed by atoms with Crippen molar-refractivity contribution in [2.45, 2.75) is 18.7 Å². The fourth-order valence-corrected chi connectivity index (χ4v) is 1.11. The fourth-order valence-electron chi connectivity index (χ4n) is 1.02. The first-order valence-corrected chi connectivity index (χ1v) is 4.36. The third-order valence-electron chi connectivity index (χ3n) is 2.12. The van der Waals surface area contributed by atoms with Crippen molar-refractivity contribution in [2.75, 3.05) is 5.32 Å². The van der Waals surface area contributed by atoms with E-state index in [1.54, 1.807) is 13.8 Å². The maximum Gasteiger partial charge on any atom is 0.253 e. The van der Waals surface area contributed by atoms with Gasteiger partial charge in [-0.15, -0.1) is 21.8 Å². The van der Waals surface area contributed by atoms with Crippen LogP contribution in [0.3, 0.4) is 0 Å². The van der Waals surface area contributed by atoms with Crippen LogP contribution in [0.2, 0.25) is 0 Å². The van der Waals surface area contributed by atoms with Gasteiger partial charge in [-0.1, -0.05) is 0 Å². The number of nitrogens with one attached hydrogen (secondary N) is 1. The van der Waals surface area contributed by atoms with E-state index in [2.05, 4.69) is 20.6 Å². The summed E-state index contributed by atoms with van der Waals surface area (Å²) in [5.74, 6) is -0.0779. The quantitative estimate of drug-likeness (QED) is 0.636. The van der Waals surface area contributed by atoms with Crippen LogP contribution in [0.1, 0.15) is 13.8 Å². The summed E-state index contributed by atoms with van der Waals surface area (Å²) < 4.78 is 1.38. The minimum Gasteiger partial charge on any atom is -0.291 e. The van der Waals surface area contributed by atoms with E-state index in [0.29, 0.717) is 5.71 Å². The predicted molar refractivity (Wildman–Crippen MR) is 51.4 cm³/mol. The molecule has 2 heterocycles. The number of hydrogen-bond acceptors (Lipinski definition) is 4. The molecule has 7 heteroatoms. The third-order valence-corrected chi connectivity index (χ3v) is 2.56. The van der Waals surface area contributed by atoms with E-state index < -0.39 is 4.87 Å². The summed E-state index contributed by atoms with van der Waals surface area (Å²) in [6, 6.07) is 0. The summed E-state index contributed by atoms with van der Waals surface area (Å²) in [5, 5.41) is 13.9. The minimum atomic E-state index is -1.14. The zero-order valence-electron chi connectivity index (χ0n) is 7.65. The number of carbonyl (C=O) groups excluding carboxylic acids is 1. The lowest BCUT2D eigenvalue weighted by Crippen LogP contribution is -2.40. The monoisotopic (exact) mass is 213 g/mol. The maximum absolute atomic E-state index is 11.6. The summed E-state index contributed by atoms with van der Waals surface area (Å²) in [7, 11) is 0. The number of amides is 1. The standard InChI is InChI=1S/C7H8ClN5O/c1-4-7(2,8)5(14)10-6-11-9-3-13(6)12-4/h3H,1-2H3,(H,10,11,14). The predicted octanol–water partition coefficient (Wildman–Crippen LogP) is 0.452. The Morgan fingerprint density at radius 2 is 2.36 bits per heavy atom. The van der Waals surface area contributed by atoms with Gasteiger partial charge < -0.3 is 0 Å². The number of anilines is 1. The van der Waals surface area contributed by atoms with Crippen molar-refractivity contribution >= 4 is 29.2 Å².